The maximum atomic E-state index is 3.21. The van der Waals surface area contributed by atoms with Gasteiger partial charge in [-0.25, -0.2) is 0 Å². The number of hydrogen-bond donors (Lipinski definition) is 1. The molecule has 0 aliphatic carbocycles. The highest BCUT2D eigenvalue weighted by atomic mass is 127. The summed E-state index contributed by atoms with van der Waals surface area (Å²) >= 11 is 2.23. The Bertz CT molecular complexity index is 140. The molecule has 0 radical (unpaired) electrons. The van der Waals surface area contributed by atoms with Crippen molar-refractivity contribution in [2.75, 3.05) is 26.7 Å². The van der Waals surface area contributed by atoms with E-state index in [1.807, 2.05) is 0 Å². The number of rotatable bonds is 3. The molecule has 2 nitrogen and oxygen atoms in total. The van der Waals surface area contributed by atoms with E-state index in [1.165, 1.54) is 32.4 Å². The fourth-order valence-corrected chi connectivity index (χ4v) is 2.41. The largest absolute Gasteiger partial charge is 0.306 e. The lowest BCUT2D eigenvalue weighted by Gasteiger charge is -2.38. The van der Waals surface area contributed by atoms with E-state index < -0.39 is 0 Å². The molecule has 0 bridgehead atoms. The number of piperidine rings is 1. The fraction of sp³-hybridized carbons (Fsp3) is 1.00. The molecule has 1 atom stereocenters. The molecule has 72 valence electrons. The van der Waals surface area contributed by atoms with Gasteiger partial charge >= 0.3 is 0 Å². The zero-order chi connectivity index (χ0) is 9.03. The van der Waals surface area contributed by atoms with Crippen LogP contribution in [0.1, 0.15) is 26.2 Å². The first kappa shape index (κ1) is 10.7. The van der Waals surface area contributed by atoms with Crippen molar-refractivity contribution < 1.29 is 0 Å². The van der Waals surface area contributed by atoms with Crippen LogP contribution in [0.5, 0.6) is 0 Å². The van der Waals surface area contributed by atoms with Gasteiger partial charge in [0.25, 0.3) is 0 Å². The molecule has 1 heterocycles. The zero-order valence-corrected chi connectivity index (χ0v) is 10.2. The number of hydrogen-bond acceptors (Lipinski definition) is 2. The average Bonchev–Trinajstić information content (AvgIpc) is 2.01. The first-order valence-electron chi connectivity index (χ1n) is 4.68. The molecule has 0 aromatic carbocycles. The lowest BCUT2D eigenvalue weighted by Crippen LogP contribution is -2.40. The molecule has 1 N–H and O–H groups in total. The van der Waals surface area contributed by atoms with Crippen molar-refractivity contribution in [1.29, 1.82) is 0 Å². The third-order valence-corrected chi connectivity index (χ3v) is 3.33. The monoisotopic (exact) mass is 282 g/mol. The maximum Gasteiger partial charge on any atom is 0.0169 e. The Kier molecular flexibility index (Phi) is 4.26. The van der Waals surface area contributed by atoms with Crippen molar-refractivity contribution >= 4 is 22.9 Å². The van der Waals surface area contributed by atoms with Gasteiger partial charge in [0.2, 0.25) is 0 Å². The van der Waals surface area contributed by atoms with E-state index in [-0.39, 0.29) is 0 Å². The van der Waals surface area contributed by atoms with Gasteiger partial charge in [0.1, 0.15) is 0 Å². The van der Waals surface area contributed by atoms with E-state index in [4.69, 9.17) is 0 Å². The summed E-state index contributed by atoms with van der Waals surface area (Å²) in [4.78, 5) is 2.46. The van der Waals surface area contributed by atoms with Crippen LogP contribution in [0.15, 0.2) is 0 Å². The second kappa shape index (κ2) is 4.77. The minimum Gasteiger partial charge on any atom is -0.306 e. The third kappa shape index (κ3) is 3.18. The van der Waals surface area contributed by atoms with Crippen LogP contribution in [0, 0.1) is 5.41 Å². The summed E-state index contributed by atoms with van der Waals surface area (Å²) in [6.07, 6.45) is 4.07. The van der Waals surface area contributed by atoms with Crippen LogP contribution in [0.25, 0.3) is 0 Å². The second-order valence-electron chi connectivity index (χ2n) is 4.29. The quantitative estimate of drug-likeness (QED) is 0.629. The summed E-state index contributed by atoms with van der Waals surface area (Å²) in [5.41, 5.74) is 0.561. The van der Waals surface area contributed by atoms with Gasteiger partial charge in [-0.3, -0.25) is 3.53 Å². The third-order valence-electron chi connectivity index (χ3n) is 2.79. The summed E-state index contributed by atoms with van der Waals surface area (Å²) in [7, 11) is 2.23. The predicted molar refractivity (Wildman–Crippen MR) is 61.5 cm³/mol. The van der Waals surface area contributed by atoms with Gasteiger partial charge in [-0.2, -0.15) is 0 Å². The van der Waals surface area contributed by atoms with Crippen molar-refractivity contribution in [1.82, 2.24) is 8.43 Å². The highest BCUT2D eigenvalue weighted by molar-refractivity contribution is 14.1. The van der Waals surface area contributed by atoms with Crippen molar-refractivity contribution in [3.8, 4) is 0 Å². The highest BCUT2D eigenvalue weighted by Crippen LogP contribution is 2.31. The van der Waals surface area contributed by atoms with Gasteiger partial charge in [-0.05, 0) is 38.3 Å². The average molecular weight is 282 g/mol. The van der Waals surface area contributed by atoms with E-state index in [1.54, 1.807) is 0 Å². The Morgan fingerprint density at radius 1 is 1.58 bits per heavy atom. The predicted octanol–water partition coefficient (Wildman–Crippen LogP) is 2.05. The SMILES string of the molecule is CN1CCCC(C)(CCNI)C1. The van der Waals surface area contributed by atoms with E-state index in [2.05, 4.69) is 45.3 Å². The Balaban J connectivity index is 2.35. The van der Waals surface area contributed by atoms with Crippen molar-refractivity contribution in [2.24, 2.45) is 5.41 Å². The summed E-state index contributed by atoms with van der Waals surface area (Å²) in [6, 6.07) is 0. The van der Waals surface area contributed by atoms with E-state index in [0.29, 0.717) is 5.41 Å². The minimum atomic E-state index is 0.561. The topological polar surface area (TPSA) is 15.3 Å². The van der Waals surface area contributed by atoms with Crippen LogP contribution in [0.2, 0.25) is 0 Å². The summed E-state index contributed by atoms with van der Waals surface area (Å²) in [6.45, 7) is 6.11. The number of nitrogens with one attached hydrogen (secondary N) is 1. The molecule has 1 aliphatic heterocycles. The molecule has 12 heavy (non-hydrogen) atoms. The van der Waals surface area contributed by atoms with E-state index in [0.717, 1.165) is 6.54 Å². The molecule has 1 fully saturated rings. The van der Waals surface area contributed by atoms with Gasteiger partial charge in [-0.1, -0.05) is 6.92 Å². The molecular weight excluding hydrogens is 263 g/mol. The highest BCUT2D eigenvalue weighted by Gasteiger charge is 2.28. The van der Waals surface area contributed by atoms with Gasteiger partial charge in [0.05, 0.1) is 0 Å². The number of nitrogens with zero attached hydrogens (tertiary/aromatic N) is 1. The molecule has 1 rings (SSSR count). The molecule has 0 saturated carbocycles. The van der Waals surface area contributed by atoms with Crippen LogP contribution in [0.3, 0.4) is 0 Å². The first-order chi connectivity index (χ1) is 5.66. The molecule has 0 aromatic heterocycles. The molecule has 1 unspecified atom stereocenters. The molecule has 3 heteroatoms. The molecular formula is C9H19IN2. The van der Waals surface area contributed by atoms with Gasteiger partial charge < -0.3 is 4.90 Å². The van der Waals surface area contributed by atoms with Gasteiger partial charge in [0, 0.05) is 36.0 Å². The normalized spacial score (nSPS) is 32.2. The van der Waals surface area contributed by atoms with Gasteiger partial charge in [-0.15, -0.1) is 0 Å². The number of likely N-dealkylation sites (tertiary alicyclic amines) is 1. The smallest absolute Gasteiger partial charge is 0.0169 e. The standard InChI is InChI=1S/C9H19IN2/c1-9(5-6-11-10)4-3-7-12(2)8-9/h11H,3-8H2,1-2H3. The zero-order valence-electron chi connectivity index (χ0n) is 8.07. The van der Waals surface area contributed by atoms with Crippen LogP contribution >= 0.6 is 22.9 Å². The Labute approximate surface area is 89.6 Å². The van der Waals surface area contributed by atoms with Crippen LogP contribution in [0.4, 0.5) is 0 Å². The molecule has 1 saturated heterocycles. The summed E-state index contributed by atoms with van der Waals surface area (Å²) in [5, 5.41) is 0. The van der Waals surface area contributed by atoms with Crippen molar-refractivity contribution in [2.45, 2.75) is 26.2 Å². The maximum absolute atomic E-state index is 3.21. The lowest BCUT2D eigenvalue weighted by atomic mass is 9.79. The van der Waals surface area contributed by atoms with Crippen LogP contribution in [-0.4, -0.2) is 31.6 Å². The molecule has 0 spiro atoms. The Morgan fingerprint density at radius 3 is 2.92 bits per heavy atom. The van der Waals surface area contributed by atoms with E-state index >= 15 is 0 Å². The van der Waals surface area contributed by atoms with Crippen LogP contribution < -0.4 is 3.53 Å². The fourth-order valence-electron chi connectivity index (χ4n) is 2.14. The Hall–Kier alpha value is 0.650. The first-order valence-corrected chi connectivity index (χ1v) is 5.76. The number of halogens is 1. The lowest BCUT2D eigenvalue weighted by molar-refractivity contribution is 0.118. The molecule has 0 amide bonds. The van der Waals surface area contributed by atoms with Gasteiger partial charge in [0.15, 0.2) is 0 Å². The van der Waals surface area contributed by atoms with Crippen molar-refractivity contribution in [3.63, 3.8) is 0 Å². The molecule has 1 aliphatic rings. The summed E-state index contributed by atoms with van der Waals surface area (Å²) in [5.74, 6) is 0. The second-order valence-corrected chi connectivity index (χ2v) is 5.05. The summed E-state index contributed by atoms with van der Waals surface area (Å²) < 4.78 is 3.21. The minimum absolute atomic E-state index is 0.561. The van der Waals surface area contributed by atoms with E-state index in [9.17, 15) is 0 Å². The molecule has 0 aromatic rings. The van der Waals surface area contributed by atoms with Crippen molar-refractivity contribution in [3.05, 3.63) is 0 Å². The van der Waals surface area contributed by atoms with Crippen LogP contribution in [-0.2, 0) is 0 Å². The Morgan fingerprint density at radius 2 is 2.33 bits per heavy atom.